The highest BCUT2D eigenvalue weighted by Crippen LogP contribution is 2.24. The zero-order valence-corrected chi connectivity index (χ0v) is 8.17. The number of alkyl halides is 1. The molecule has 0 fully saturated rings. The smallest absolute Gasteiger partial charge is 0.173 e. The summed E-state index contributed by atoms with van der Waals surface area (Å²) in [6.07, 6.45) is 1.09. The Morgan fingerprint density at radius 2 is 2.40 bits per heavy atom. The van der Waals surface area contributed by atoms with E-state index in [-0.39, 0.29) is 0 Å². The molecule has 0 spiro atoms. The molecule has 0 amide bonds. The predicted octanol–water partition coefficient (Wildman–Crippen LogP) is 2.69. The third-order valence-corrected chi connectivity index (χ3v) is 2.68. The fourth-order valence-electron chi connectivity index (χ4n) is 0.695. The van der Waals surface area contributed by atoms with Crippen LogP contribution < -0.4 is 4.74 Å². The third kappa shape index (κ3) is 1.99. The third-order valence-electron chi connectivity index (χ3n) is 1.18. The first-order valence-electron chi connectivity index (χ1n) is 3.05. The molecule has 0 N–H and O–H groups in total. The quantitative estimate of drug-likeness (QED) is 0.713. The van der Waals surface area contributed by atoms with Crippen molar-refractivity contribution in [2.75, 3.05) is 12.4 Å². The molecule has 1 rings (SSSR count). The Morgan fingerprint density at radius 3 is 2.90 bits per heavy atom. The average molecular weight is 221 g/mol. The molecule has 0 aliphatic carbocycles. The molecule has 1 heterocycles. The van der Waals surface area contributed by atoms with E-state index in [0.29, 0.717) is 0 Å². The molecule has 0 bridgehead atoms. The van der Waals surface area contributed by atoms with Gasteiger partial charge in [0.1, 0.15) is 0 Å². The summed E-state index contributed by atoms with van der Waals surface area (Å²) in [6.45, 7) is 0. The van der Waals surface area contributed by atoms with Crippen LogP contribution in [0, 0.1) is 0 Å². The lowest BCUT2D eigenvalue weighted by Crippen LogP contribution is -1.77. The second kappa shape index (κ2) is 3.98. The lowest BCUT2D eigenvalue weighted by Gasteiger charge is -1.89. The summed E-state index contributed by atoms with van der Waals surface area (Å²) in [5, 5.41) is 2.02. The highest BCUT2D eigenvalue weighted by Gasteiger charge is 1.97. The zero-order valence-electron chi connectivity index (χ0n) is 5.76. The van der Waals surface area contributed by atoms with E-state index >= 15 is 0 Å². The Labute approximate surface area is 73.1 Å². The van der Waals surface area contributed by atoms with Crippen LogP contribution in [0.1, 0.15) is 4.88 Å². The molecule has 0 aliphatic rings. The predicted molar refractivity (Wildman–Crippen MR) is 48.4 cm³/mol. The van der Waals surface area contributed by atoms with E-state index in [4.69, 9.17) is 4.74 Å². The van der Waals surface area contributed by atoms with Crippen LogP contribution in [0.4, 0.5) is 0 Å². The molecule has 0 aliphatic heterocycles. The number of rotatable bonds is 3. The van der Waals surface area contributed by atoms with E-state index in [2.05, 4.69) is 22.0 Å². The van der Waals surface area contributed by atoms with Crippen LogP contribution in [0.3, 0.4) is 0 Å². The Hall–Kier alpha value is -0.0200. The van der Waals surface area contributed by atoms with Crippen LogP contribution in [0.15, 0.2) is 12.1 Å². The standard InChI is InChI=1S/C7H9BrOS/c1-9-7-3-2-6(10-7)4-5-8/h2-3H,4-5H2,1H3. The van der Waals surface area contributed by atoms with Gasteiger partial charge in [-0.3, -0.25) is 0 Å². The highest BCUT2D eigenvalue weighted by atomic mass is 79.9. The van der Waals surface area contributed by atoms with Crippen molar-refractivity contribution in [3.05, 3.63) is 17.0 Å². The number of ether oxygens (including phenoxy) is 1. The number of thiophene rings is 1. The van der Waals surface area contributed by atoms with Crippen molar-refractivity contribution >= 4 is 27.3 Å². The molecule has 3 heteroatoms. The van der Waals surface area contributed by atoms with Crippen LogP contribution in [-0.4, -0.2) is 12.4 Å². The Morgan fingerprint density at radius 1 is 1.60 bits per heavy atom. The van der Waals surface area contributed by atoms with Gasteiger partial charge in [0.25, 0.3) is 0 Å². The lowest BCUT2D eigenvalue weighted by atomic mass is 10.4. The molecule has 1 nitrogen and oxygen atoms in total. The van der Waals surface area contributed by atoms with Gasteiger partial charge in [0.05, 0.1) is 7.11 Å². The molecule has 10 heavy (non-hydrogen) atoms. The number of methoxy groups -OCH3 is 1. The molecule has 1 aromatic heterocycles. The number of aryl methyl sites for hydroxylation is 1. The normalized spacial score (nSPS) is 9.80. The maximum absolute atomic E-state index is 5.04. The summed E-state index contributed by atoms with van der Waals surface area (Å²) in [5.41, 5.74) is 0. The van der Waals surface area contributed by atoms with Gasteiger partial charge in [-0.25, -0.2) is 0 Å². The second-order valence-electron chi connectivity index (χ2n) is 1.86. The minimum Gasteiger partial charge on any atom is -0.487 e. The van der Waals surface area contributed by atoms with Crippen LogP contribution in [0.2, 0.25) is 0 Å². The largest absolute Gasteiger partial charge is 0.487 e. The molecule has 0 radical (unpaired) electrons. The summed E-state index contributed by atoms with van der Waals surface area (Å²) in [5.74, 6) is 0. The van der Waals surface area contributed by atoms with Gasteiger partial charge < -0.3 is 4.74 Å². The summed E-state index contributed by atoms with van der Waals surface area (Å²) >= 11 is 5.09. The molecular weight excluding hydrogens is 212 g/mol. The Kier molecular flexibility index (Phi) is 3.22. The monoisotopic (exact) mass is 220 g/mol. The zero-order chi connectivity index (χ0) is 7.40. The molecule has 0 atom stereocenters. The van der Waals surface area contributed by atoms with Crippen molar-refractivity contribution in [2.45, 2.75) is 6.42 Å². The van der Waals surface area contributed by atoms with Gasteiger partial charge in [-0.15, -0.1) is 11.3 Å². The van der Waals surface area contributed by atoms with Gasteiger partial charge in [0.2, 0.25) is 0 Å². The Bertz CT molecular complexity index is 197. The Balaban J connectivity index is 2.59. The SMILES string of the molecule is COc1ccc(CCBr)s1. The van der Waals surface area contributed by atoms with Crippen molar-refractivity contribution in [3.8, 4) is 5.06 Å². The van der Waals surface area contributed by atoms with Gasteiger partial charge in [0, 0.05) is 10.2 Å². The van der Waals surface area contributed by atoms with Crippen molar-refractivity contribution < 1.29 is 4.74 Å². The lowest BCUT2D eigenvalue weighted by molar-refractivity contribution is 0.427. The number of hydrogen-bond donors (Lipinski definition) is 0. The minimum absolute atomic E-state index is 0.996. The van der Waals surface area contributed by atoms with Crippen molar-refractivity contribution in [1.82, 2.24) is 0 Å². The summed E-state index contributed by atoms with van der Waals surface area (Å²) in [6, 6.07) is 4.10. The summed E-state index contributed by atoms with van der Waals surface area (Å²) in [4.78, 5) is 1.37. The molecule has 56 valence electrons. The fourth-order valence-corrected chi connectivity index (χ4v) is 2.20. The van der Waals surface area contributed by atoms with E-state index in [1.54, 1.807) is 18.4 Å². The van der Waals surface area contributed by atoms with Crippen LogP contribution in [0.5, 0.6) is 5.06 Å². The van der Waals surface area contributed by atoms with Gasteiger partial charge >= 0.3 is 0 Å². The van der Waals surface area contributed by atoms with Gasteiger partial charge in [-0.2, -0.15) is 0 Å². The number of halogens is 1. The first-order valence-corrected chi connectivity index (χ1v) is 4.99. The van der Waals surface area contributed by atoms with Crippen molar-refractivity contribution in [2.24, 2.45) is 0 Å². The average Bonchev–Trinajstić information content (AvgIpc) is 2.37. The van der Waals surface area contributed by atoms with Crippen molar-refractivity contribution in [1.29, 1.82) is 0 Å². The van der Waals surface area contributed by atoms with E-state index in [0.717, 1.165) is 16.8 Å². The van der Waals surface area contributed by atoms with Crippen LogP contribution in [-0.2, 0) is 6.42 Å². The van der Waals surface area contributed by atoms with E-state index < -0.39 is 0 Å². The van der Waals surface area contributed by atoms with Gasteiger partial charge in [0.15, 0.2) is 5.06 Å². The maximum atomic E-state index is 5.04. The highest BCUT2D eigenvalue weighted by molar-refractivity contribution is 9.09. The molecule has 1 aromatic rings. The van der Waals surface area contributed by atoms with Crippen LogP contribution >= 0.6 is 27.3 Å². The second-order valence-corrected chi connectivity index (χ2v) is 3.79. The first-order chi connectivity index (χ1) is 4.86. The molecule has 0 aromatic carbocycles. The van der Waals surface area contributed by atoms with E-state index in [1.165, 1.54) is 4.88 Å². The summed E-state index contributed by atoms with van der Waals surface area (Å²) < 4.78 is 5.04. The van der Waals surface area contributed by atoms with E-state index in [9.17, 15) is 0 Å². The number of hydrogen-bond acceptors (Lipinski definition) is 2. The first kappa shape index (κ1) is 8.08. The molecule has 0 saturated carbocycles. The topological polar surface area (TPSA) is 9.23 Å². The fraction of sp³-hybridized carbons (Fsp3) is 0.429. The maximum Gasteiger partial charge on any atom is 0.173 e. The summed E-state index contributed by atoms with van der Waals surface area (Å²) in [7, 11) is 1.70. The molecular formula is C7H9BrOS. The van der Waals surface area contributed by atoms with E-state index in [1.807, 2.05) is 6.07 Å². The van der Waals surface area contributed by atoms with Gasteiger partial charge in [-0.1, -0.05) is 15.9 Å². The molecule has 0 saturated heterocycles. The van der Waals surface area contributed by atoms with Crippen molar-refractivity contribution in [3.63, 3.8) is 0 Å². The minimum atomic E-state index is 0.996. The van der Waals surface area contributed by atoms with Crippen LogP contribution in [0.25, 0.3) is 0 Å². The van der Waals surface area contributed by atoms with Gasteiger partial charge in [-0.05, 0) is 18.6 Å². The molecule has 0 unspecified atom stereocenters.